The smallest absolute Gasteiger partial charge is 0.0781 e. The van der Waals surface area contributed by atoms with E-state index in [-0.39, 0.29) is 0 Å². The molecule has 1 nitrogen and oxygen atoms in total. The molecule has 0 atom stereocenters. The third-order valence-corrected chi connectivity index (χ3v) is 14.2. The van der Waals surface area contributed by atoms with Crippen molar-refractivity contribution < 1.29 is 0 Å². The van der Waals surface area contributed by atoms with E-state index in [1.54, 1.807) is 12.3 Å². The van der Waals surface area contributed by atoms with Gasteiger partial charge in [0.1, 0.15) is 0 Å². The minimum Gasteiger partial charge on any atom is -0.260 e. The average molecular weight is 800 g/mol. The largest absolute Gasteiger partial charge is 0.260 e. The molecule has 0 spiro atoms. The number of terminal acetylenes is 1. The molecule has 0 amide bonds. The second kappa shape index (κ2) is 13.9. The maximum absolute atomic E-state index is 5.65. The Bertz CT molecular complexity index is 3650. The van der Waals surface area contributed by atoms with Gasteiger partial charge in [0, 0.05) is 17.9 Å². The second-order valence-corrected chi connectivity index (χ2v) is 17.4. The van der Waals surface area contributed by atoms with E-state index in [4.69, 9.17) is 6.42 Å². The second-order valence-electron chi connectivity index (χ2n) is 17.4. The monoisotopic (exact) mass is 799 g/mol. The van der Waals surface area contributed by atoms with Gasteiger partial charge in [-0.3, -0.25) is 4.99 Å². The van der Waals surface area contributed by atoms with Crippen molar-refractivity contribution in [3.63, 3.8) is 0 Å². The van der Waals surface area contributed by atoms with Crippen LogP contribution in [0.2, 0.25) is 0 Å². The van der Waals surface area contributed by atoms with E-state index in [0.29, 0.717) is 0 Å². The fourth-order valence-electron chi connectivity index (χ4n) is 11.4. The number of rotatable bonds is 5. The van der Waals surface area contributed by atoms with Gasteiger partial charge < -0.3 is 0 Å². The van der Waals surface area contributed by atoms with Crippen molar-refractivity contribution in [2.24, 2.45) is 4.99 Å². The van der Waals surface area contributed by atoms with Crippen LogP contribution in [0, 0.1) is 12.3 Å². The minimum absolute atomic E-state index is 0.795. The van der Waals surface area contributed by atoms with Gasteiger partial charge >= 0.3 is 0 Å². The Kier molecular flexibility index (Phi) is 7.91. The number of hydrogen-bond acceptors (Lipinski definition) is 1. The molecule has 9 aromatic carbocycles. The molecular weight excluding hydrogens is 759 g/mol. The summed E-state index contributed by atoms with van der Waals surface area (Å²) < 4.78 is 0. The first-order valence-corrected chi connectivity index (χ1v) is 22.3. The Balaban J connectivity index is 0.992. The zero-order chi connectivity index (χ0) is 41.8. The van der Waals surface area contributed by atoms with E-state index in [9.17, 15) is 0 Å². The van der Waals surface area contributed by atoms with Crippen LogP contribution in [0.3, 0.4) is 0 Å². The molecule has 0 N–H and O–H groups in total. The van der Waals surface area contributed by atoms with Crippen LogP contribution in [0.5, 0.6) is 0 Å². The maximum Gasteiger partial charge on any atom is 0.0781 e. The predicted molar refractivity (Wildman–Crippen MR) is 272 cm³/mol. The molecule has 0 saturated heterocycles. The molecular formula is C62H41N. The summed E-state index contributed by atoms with van der Waals surface area (Å²) >= 11 is 0. The van der Waals surface area contributed by atoms with Gasteiger partial charge in [0.25, 0.3) is 0 Å². The maximum atomic E-state index is 5.65. The molecule has 294 valence electrons. The van der Waals surface area contributed by atoms with Crippen molar-refractivity contribution in [1.82, 2.24) is 0 Å². The minimum atomic E-state index is 0.795. The van der Waals surface area contributed by atoms with Crippen LogP contribution in [0.1, 0.15) is 60.4 Å². The normalized spacial score (nSPS) is 15.2. The molecule has 13 rings (SSSR count). The number of aliphatic imine (C=N–C) groups is 1. The summed E-state index contributed by atoms with van der Waals surface area (Å²) in [6.45, 7) is 1.91. The Morgan fingerprint density at radius 3 is 1.62 bits per heavy atom. The van der Waals surface area contributed by atoms with Crippen LogP contribution in [-0.2, 0) is 0 Å². The fourth-order valence-corrected chi connectivity index (χ4v) is 11.4. The molecule has 0 saturated carbocycles. The number of allylic oxidation sites excluding steroid dienone is 9. The molecule has 4 aliphatic rings. The highest BCUT2D eigenvalue weighted by Crippen LogP contribution is 2.51. The standard InChI is InChI=1S/C62H41N/c1-3-11-60(63-4-2)40-23-25-45-39(33-40)22-27-52-44-24-20-37(32-38(44)21-26-53(45)52)41-34-42(46-28-30-58-50-14-7-5-12-48(50)56-18-9-16-54(46)61(56)58)36-43(35-41)47-29-31-59-51-15-8-6-13-49(51)57-19-10-17-55(47)62(57)59/h1,4-6,9-13,16-36H,7-8,14-15H2,2H3/b60-11-,63-4?. The molecule has 9 aromatic rings. The molecule has 0 unspecified atom stereocenters. The van der Waals surface area contributed by atoms with Gasteiger partial charge in [0.2, 0.25) is 0 Å². The van der Waals surface area contributed by atoms with Gasteiger partial charge in [0.15, 0.2) is 0 Å². The van der Waals surface area contributed by atoms with Crippen molar-refractivity contribution in [2.75, 3.05) is 0 Å². The Morgan fingerprint density at radius 2 is 1.03 bits per heavy atom. The molecule has 0 aliphatic heterocycles. The molecule has 0 aromatic heterocycles. The first-order valence-electron chi connectivity index (χ1n) is 22.3. The number of benzene rings is 9. The molecule has 4 aliphatic carbocycles. The number of nitrogens with zero attached hydrogens (tertiary/aromatic N) is 1. The van der Waals surface area contributed by atoms with E-state index in [1.807, 2.05) is 6.92 Å². The summed E-state index contributed by atoms with van der Waals surface area (Å²) in [5, 5.41) is 12.8. The van der Waals surface area contributed by atoms with Crippen molar-refractivity contribution in [3.05, 3.63) is 198 Å². The number of fused-ring (bicyclic) bond motifs is 9. The van der Waals surface area contributed by atoms with Gasteiger partial charge in [-0.25, -0.2) is 0 Å². The zero-order valence-corrected chi connectivity index (χ0v) is 35.1. The fraction of sp³-hybridized carbons (Fsp3) is 0.0806. The van der Waals surface area contributed by atoms with Gasteiger partial charge in [-0.1, -0.05) is 139 Å². The van der Waals surface area contributed by atoms with Gasteiger partial charge in [0.05, 0.1) is 5.70 Å². The first kappa shape index (κ1) is 35.9. The van der Waals surface area contributed by atoms with Gasteiger partial charge in [-0.2, -0.15) is 0 Å². The molecule has 1 heteroatoms. The molecule has 63 heavy (non-hydrogen) atoms. The van der Waals surface area contributed by atoms with E-state index >= 15 is 0 Å². The van der Waals surface area contributed by atoms with Crippen LogP contribution in [0.4, 0.5) is 0 Å². The van der Waals surface area contributed by atoms with Gasteiger partial charge in [-0.15, -0.1) is 6.42 Å². The highest BCUT2D eigenvalue weighted by Gasteiger charge is 2.27. The molecule has 0 bridgehead atoms. The average Bonchev–Trinajstić information content (AvgIpc) is 3.85. The van der Waals surface area contributed by atoms with Crippen molar-refractivity contribution in [2.45, 2.75) is 32.6 Å². The summed E-state index contributed by atoms with van der Waals surface area (Å²) in [4.78, 5) is 4.53. The van der Waals surface area contributed by atoms with E-state index < -0.39 is 0 Å². The summed E-state index contributed by atoms with van der Waals surface area (Å²) in [7, 11) is 0. The van der Waals surface area contributed by atoms with Crippen LogP contribution in [-0.4, -0.2) is 6.21 Å². The lowest BCUT2D eigenvalue weighted by molar-refractivity contribution is 1.06. The quantitative estimate of drug-likeness (QED) is 0.0934. The first-order chi connectivity index (χ1) is 31.1. The molecule has 0 fully saturated rings. The Morgan fingerprint density at radius 1 is 0.492 bits per heavy atom. The summed E-state index contributed by atoms with van der Waals surface area (Å²) in [5.74, 6) is 2.65. The van der Waals surface area contributed by atoms with E-state index in [1.165, 1.54) is 132 Å². The lowest BCUT2D eigenvalue weighted by Crippen LogP contribution is -1.91. The van der Waals surface area contributed by atoms with Crippen LogP contribution in [0.25, 0.3) is 115 Å². The molecule has 0 radical (unpaired) electrons. The highest BCUT2D eigenvalue weighted by molar-refractivity contribution is 6.22. The predicted octanol–water partition coefficient (Wildman–Crippen LogP) is 16.7. The van der Waals surface area contributed by atoms with Crippen LogP contribution in [0.15, 0.2) is 175 Å². The summed E-state index contributed by atoms with van der Waals surface area (Å²) in [6.07, 6.45) is 22.9. The topological polar surface area (TPSA) is 12.4 Å². The lowest BCUT2D eigenvalue weighted by Gasteiger charge is -2.17. The van der Waals surface area contributed by atoms with E-state index in [0.717, 1.165) is 36.9 Å². The van der Waals surface area contributed by atoms with Crippen molar-refractivity contribution >= 4 is 88.1 Å². The summed E-state index contributed by atoms with van der Waals surface area (Å²) in [6, 6.07) is 53.4. The van der Waals surface area contributed by atoms with Crippen molar-refractivity contribution in [3.8, 4) is 45.7 Å². The Hall–Kier alpha value is -7.79. The molecule has 0 heterocycles. The van der Waals surface area contributed by atoms with E-state index in [2.05, 4.69) is 175 Å². The number of hydrogen-bond donors (Lipinski definition) is 0. The Labute approximate surface area is 367 Å². The highest BCUT2D eigenvalue weighted by atomic mass is 14.7. The third kappa shape index (κ3) is 5.35. The van der Waals surface area contributed by atoms with Crippen LogP contribution >= 0.6 is 0 Å². The zero-order valence-electron chi connectivity index (χ0n) is 35.1. The third-order valence-electron chi connectivity index (χ3n) is 14.2. The van der Waals surface area contributed by atoms with Crippen molar-refractivity contribution in [1.29, 1.82) is 0 Å². The summed E-state index contributed by atoms with van der Waals surface area (Å²) in [5.41, 5.74) is 20.6. The van der Waals surface area contributed by atoms with Gasteiger partial charge in [-0.05, 0) is 195 Å². The SMILES string of the molecule is C#C/C=C(\N=CC)c1ccc2c(ccc3c4ccc(-c5cc(-c6ccc7c8c(cccc68)C6=C7CCC=C6)cc(-c6ccc7c8c(cccc68)C6=C7CCC=C6)c5)cc4ccc23)c1. The lowest BCUT2D eigenvalue weighted by atomic mass is 9.87. The van der Waals surface area contributed by atoms with Crippen LogP contribution < -0.4 is 0 Å².